The molecule has 0 saturated heterocycles. The van der Waals surface area contributed by atoms with Crippen molar-refractivity contribution in [1.82, 2.24) is 10.6 Å². The van der Waals surface area contributed by atoms with Gasteiger partial charge < -0.3 is 20.1 Å². The van der Waals surface area contributed by atoms with E-state index in [2.05, 4.69) is 10.6 Å². The Morgan fingerprint density at radius 2 is 1.67 bits per heavy atom. The van der Waals surface area contributed by atoms with Gasteiger partial charge in [-0.25, -0.2) is 0 Å². The highest BCUT2D eigenvalue weighted by molar-refractivity contribution is 5.81. The van der Waals surface area contributed by atoms with E-state index in [1.54, 1.807) is 0 Å². The predicted molar refractivity (Wildman–Crippen MR) is 72.4 cm³/mol. The summed E-state index contributed by atoms with van der Waals surface area (Å²) >= 11 is 0. The standard InChI is InChI=1S/C13H28N2O3/c1-7-17-11(18-8-2)9-14-10(3)12(16)15-13(4,5)6/h10-11,14H,7-9H2,1-6H3,(H,15,16). The van der Waals surface area contributed by atoms with Crippen LogP contribution in [0.3, 0.4) is 0 Å². The average Bonchev–Trinajstić information content (AvgIpc) is 2.23. The number of carbonyl (C=O) groups excluding carboxylic acids is 1. The topological polar surface area (TPSA) is 59.6 Å². The van der Waals surface area contributed by atoms with Crippen LogP contribution in [0.4, 0.5) is 0 Å². The van der Waals surface area contributed by atoms with Crippen molar-refractivity contribution in [2.24, 2.45) is 0 Å². The van der Waals surface area contributed by atoms with Gasteiger partial charge in [0.1, 0.15) is 0 Å². The normalized spacial score (nSPS) is 13.7. The maximum Gasteiger partial charge on any atom is 0.237 e. The summed E-state index contributed by atoms with van der Waals surface area (Å²) < 4.78 is 10.8. The first kappa shape index (κ1) is 17.4. The third-order valence-electron chi connectivity index (χ3n) is 2.19. The molecule has 0 aromatic heterocycles. The molecule has 0 rings (SSSR count). The Hall–Kier alpha value is -0.650. The molecule has 0 radical (unpaired) electrons. The number of carbonyl (C=O) groups is 1. The molecule has 0 spiro atoms. The van der Waals surface area contributed by atoms with E-state index < -0.39 is 0 Å². The molecule has 0 saturated carbocycles. The Morgan fingerprint density at radius 1 is 1.17 bits per heavy atom. The van der Waals surface area contributed by atoms with Gasteiger partial charge in [-0.15, -0.1) is 0 Å². The molecule has 1 atom stereocenters. The Balaban J connectivity index is 4.06. The molecule has 5 nitrogen and oxygen atoms in total. The molecule has 108 valence electrons. The summed E-state index contributed by atoms with van der Waals surface area (Å²) in [6.07, 6.45) is -0.301. The molecule has 5 heteroatoms. The fourth-order valence-corrected chi connectivity index (χ4v) is 1.38. The highest BCUT2D eigenvalue weighted by Crippen LogP contribution is 2.00. The molecule has 18 heavy (non-hydrogen) atoms. The molecule has 1 unspecified atom stereocenters. The fourth-order valence-electron chi connectivity index (χ4n) is 1.38. The second kappa shape index (κ2) is 8.45. The zero-order valence-electron chi connectivity index (χ0n) is 12.5. The maximum atomic E-state index is 11.8. The SMILES string of the molecule is CCOC(CNC(C)C(=O)NC(C)(C)C)OCC. The van der Waals surface area contributed by atoms with Gasteiger partial charge in [0.15, 0.2) is 6.29 Å². The van der Waals surface area contributed by atoms with E-state index in [1.807, 2.05) is 41.5 Å². The molecule has 0 aromatic carbocycles. The Morgan fingerprint density at radius 3 is 2.06 bits per heavy atom. The monoisotopic (exact) mass is 260 g/mol. The largest absolute Gasteiger partial charge is 0.352 e. The van der Waals surface area contributed by atoms with Gasteiger partial charge in [0.05, 0.1) is 6.04 Å². The lowest BCUT2D eigenvalue weighted by atomic mass is 10.1. The van der Waals surface area contributed by atoms with Crippen molar-refractivity contribution in [3.8, 4) is 0 Å². The van der Waals surface area contributed by atoms with E-state index in [0.717, 1.165) is 0 Å². The molecule has 0 heterocycles. The van der Waals surface area contributed by atoms with Gasteiger partial charge in [-0.05, 0) is 41.5 Å². The summed E-state index contributed by atoms with van der Waals surface area (Å²) in [5, 5.41) is 6.04. The van der Waals surface area contributed by atoms with E-state index in [-0.39, 0.29) is 23.8 Å². The van der Waals surface area contributed by atoms with Crippen LogP contribution in [-0.4, -0.2) is 43.5 Å². The van der Waals surface area contributed by atoms with Crippen LogP contribution < -0.4 is 10.6 Å². The Bertz CT molecular complexity index is 233. The van der Waals surface area contributed by atoms with Crippen molar-refractivity contribution >= 4 is 5.91 Å². The predicted octanol–water partition coefficient (Wildman–Crippen LogP) is 1.28. The first-order valence-electron chi connectivity index (χ1n) is 6.58. The van der Waals surface area contributed by atoms with Crippen LogP contribution in [0.25, 0.3) is 0 Å². The van der Waals surface area contributed by atoms with Gasteiger partial charge in [0, 0.05) is 25.3 Å². The smallest absolute Gasteiger partial charge is 0.237 e. The molecule has 0 aliphatic carbocycles. The van der Waals surface area contributed by atoms with E-state index in [4.69, 9.17) is 9.47 Å². The summed E-state index contributed by atoms with van der Waals surface area (Å²) in [7, 11) is 0. The third kappa shape index (κ3) is 8.44. The van der Waals surface area contributed by atoms with Crippen molar-refractivity contribution in [1.29, 1.82) is 0 Å². The van der Waals surface area contributed by atoms with Gasteiger partial charge in [-0.1, -0.05) is 0 Å². The lowest BCUT2D eigenvalue weighted by Gasteiger charge is -2.25. The highest BCUT2D eigenvalue weighted by atomic mass is 16.7. The average molecular weight is 260 g/mol. The van der Waals surface area contributed by atoms with Crippen LogP contribution in [0.15, 0.2) is 0 Å². The number of nitrogens with one attached hydrogen (secondary N) is 2. The summed E-state index contributed by atoms with van der Waals surface area (Å²) in [6, 6.07) is -0.271. The van der Waals surface area contributed by atoms with Gasteiger partial charge >= 0.3 is 0 Å². The van der Waals surface area contributed by atoms with Gasteiger partial charge in [-0.2, -0.15) is 0 Å². The molecule has 0 fully saturated rings. The minimum atomic E-state index is -0.301. The molecule has 0 aliphatic heterocycles. The number of rotatable bonds is 8. The number of amides is 1. The molecular formula is C13H28N2O3. The fraction of sp³-hybridized carbons (Fsp3) is 0.923. The van der Waals surface area contributed by atoms with Gasteiger partial charge in [-0.3, -0.25) is 4.79 Å². The van der Waals surface area contributed by atoms with Crippen LogP contribution in [-0.2, 0) is 14.3 Å². The third-order valence-corrected chi connectivity index (χ3v) is 2.19. The first-order valence-corrected chi connectivity index (χ1v) is 6.58. The van der Waals surface area contributed by atoms with Crippen molar-refractivity contribution in [3.63, 3.8) is 0 Å². The second-order valence-electron chi connectivity index (χ2n) is 5.21. The molecule has 2 N–H and O–H groups in total. The summed E-state index contributed by atoms with van der Waals surface area (Å²) in [5.74, 6) is -0.0192. The van der Waals surface area contributed by atoms with Crippen molar-refractivity contribution < 1.29 is 14.3 Å². The lowest BCUT2D eigenvalue weighted by molar-refractivity contribution is -0.136. The number of ether oxygens (including phenoxy) is 2. The van der Waals surface area contributed by atoms with Gasteiger partial charge in [0.25, 0.3) is 0 Å². The first-order chi connectivity index (χ1) is 8.30. The van der Waals surface area contributed by atoms with Crippen molar-refractivity contribution in [2.45, 2.75) is 59.4 Å². The van der Waals surface area contributed by atoms with Crippen LogP contribution >= 0.6 is 0 Å². The molecule has 0 aliphatic rings. The van der Waals surface area contributed by atoms with Crippen LogP contribution in [0.2, 0.25) is 0 Å². The summed E-state index contributed by atoms with van der Waals surface area (Å²) in [4.78, 5) is 11.8. The van der Waals surface area contributed by atoms with Crippen LogP contribution in [0, 0.1) is 0 Å². The van der Waals surface area contributed by atoms with Gasteiger partial charge in [0.2, 0.25) is 5.91 Å². The highest BCUT2D eigenvalue weighted by Gasteiger charge is 2.20. The van der Waals surface area contributed by atoms with E-state index >= 15 is 0 Å². The zero-order valence-corrected chi connectivity index (χ0v) is 12.5. The van der Waals surface area contributed by atoms with Crippen molar-refractivity contribution in [2.75, 3.05) is 19.8 Å². The second-order valence-corrected chi connectivity index (χ2v) is 5.21. The summed E-state index contributed by atoms with van der Waals surface area (Å²) in [6.45, 7) is 13.2. The number of hydrogen-bond acceptors (Lipinski definition) is 4. The molecule has 0 bridgehead atoms. The lowest BCUT2D eigenvalue weighted by Crippen LogP contribution is -2.51. The number of hydrogen-bond donors (Lipinski definition) is 2. The van der Waals surface area contributed by atoms with E-state index in [9.17, 15) is 4.79 Å². The van der Waals surface area contributed by atoms with Crippen molar-refractivity contribution in [3.05, 3.63) is 0 Å². The van der Waals surface area contributed by atoms with Crippen LogP contribution in [0.5, 0.6) is 0 Å². The Kier molecular flexibility index (Phi) is 8.15. The maximum absolute atomic E-state index is 11.8. The zero-order chi connectivity index (χ0) is 14.2. The molecular weight excluding hydrogens is 232 g/mol. The molecule has 0 aromatic rings. The Labute approximate surface area is 111 Å². The van der Waals surface area contributed by atoms with E-state index in [0.29, 0.717) is 19.8 Å². The summed E-state index contributed by atoms with van der Waals surface area (Å²) in [5.41, 5.74) is -0.216. The van der Waals surface area contributed by atoms with E-state index in [1.165, 1.54) is 0 Å². The minimum Gasteiger partial charge on any atom is -0.352 e. The minimum absolute atomic E-state index is 0.0192. The molecule has 1 amide bonds. The quantitative estimate of drug-likeness (QED) is 0.645. The van der Waals surface area contributed by atoms with Crippen LogP contribution in [0.1, 0.15) is 41.5 Å².